The van der Waals surface area contributed by atoms with Crippen molar-refractivity contribution < 1.29 is 9.53 Å². The second kappa shape index (κ2) is 5.58. The molecule has 2 fully saturated rings. The lowest BCUT2D eigenvalue weighted by Crippen LogP contribution is -2.54. The molecule has 0 spiro atoms. The Morgan fingerprint density at radius 1 is 1.53 bits per heavy atom. The van der Waals surface area contributed by atoms with E-state index in [1.165, 1.54) is 6.33 Å². The highest BCUT2D eigenvalue weighted by Crippen LogP contribution is 2.24. The van der Waals surface area contributed by atoms with Gasteiger partial charge in [-0.1, -0.05) is 0 Å². The molecule has 1 N–H and O–H groups in total. The van der Waals surface area contributed by atoms with E-state index < -0.39 is 0 Å². The fraction of sp³-hybridized carbons (Fsp3) is 0.583. The Morgan fingerprint density at radius 2 is 2.37 bits per heavy atom. The Morgan fingerprint density at radius 3 is 3.11 bits per heavy atom. The van der Waals surface area contributed by atoms with Crippen LogP contribution in [0.15, 0.2) is 12.5 Å². The molecule has 1 saturated carbocycles. The highest BCUT2D eigenvalue weighted by Gasteiger charge is 2.34. The van der Waals surface area contributed by atoms with Gasteiger partial charge in [-0.15, -0.1) is 0 Å². The SMILES string of the molecule is O=C(NC1CC1)C1COCCN1c1ncncc1I. The minimum Gasteiger partial charge on any atom is -0.377 e. The third-order valence-electron chi connectivity index (χ3n) is 3.28. The molecule has 1 atom stereocenters. The monoisotopic (exact) mass is 374 g/mol. The molecule has 1 aliphatic carbocycles. The van der Waals surface area contributed by atoms with Crippen LogP contribution >= 0.6 is 22.6 Å². The third-order valence-corrected chi connectivity index (χ3v) is 4.04. The molecule has 19 heavy (non-hydrogen) atoms. The van der Waals surface area contributed by atoms with Crippen LogP contribution in [0.2, 0.25) is 0 Å². The number of morpholine rings is 1. The molecular weight excluding hydrogens is 359 g/mol. The smallest absolute Gasteiger partial charge is 0.245 e. The molecule has 102 valence electrons. The van der Waals surface area contributed by atoms with Crippen LogP contribution in [0.5, 0.6) is 0 Å². The van der Waals surface area contributed by atoms with Crippen molar-refractivity contribution in [3.8, 4) is 0 Å². The molecule has 1 amide bonds. The molecule has 2 heterocycles. The van der Waals surface area contributed by atoms with E-state index in [0.29, 0.717) is 25.8 Å². The predicted molar refractivity (Wildman–Crippen MR) is 77.9 cm³/mol. The van der Waals surface area contributed by atoms with Crippen molar-refractivity contribution >= 4 is 34.3 Å². The minimum absolute atomic E-state index is 0.0385. The van der Waals surface area contributed by atoms with Gasteiger partial charge in [0.2, 0.25) is 5.91 Å². The molecule has 0 bridgehead atoms. The second-order valence-corrected chi connectivity index (χ2v) is 5.92. The third kappa shape index (κ3) is 2.97. The number of amides is 1. The number of aromatic nitrogens is 2. The lowest BCUT2D eigenvalue weighted by Gasteiger charge is -2.35. The number of carbonyl (C=O) groups excluding carboxylic acids is 1. The maximum absolute atomic E-state index is 12.3. The van der Waals surface area contributed by atoms with Crippen LogP contribution in [0.25, 0.3) is 0 Å². The fourth-order valence-electron chi connectivity index (χ4n) is 2.12. The van der Waals surface area contributed by atoms with Crippen molar-refractivity contribution in [3.63, 3.8) is 0 Å². The Bertz CT molecular complexity index is 481. The first kappa shape index (κ1) is 13.0. The van der Waals surface area contributed by atoms with Gasteiger partial charge in [-0.25, -0.2) is 9.97 Å². The number of rotatable bonds is 3. The van der Waals surface area contributed by atoms with Crippen LogP contribution in [0.1, 0.15) is 12.8 Å². The summed E-state index contributed by atoms with van der Waals surface area (Å²) in [6.45, 7) is 1.71. The summed E-state index contributed by atoms with van der Waals surface area (Å²) in [7, 11) is 0. The summed E-state index contributed by atoms with van der Waals surface area (Å²) in [6, 6.07) is 0.0681. The number of hydrogen-bond acceptors (Lipinski definition) is 5. The first-order chi connectivity index (χ1) is 9.25. The topological polar surface area (TPSA) is 67.3 Å². The molecule has 0 radical (unpaired) electrons. The lowest BCUT2D eigenvalue weighted by molar-refractivity contribution is -0.124. The number of carbonyl (C=O) groups is 1. The van der Waals surface area contributed by atoms with Gasteiger partial charge in [0.15, 0.2) is 0 Å². The van der Waals surface area contributed by atoms with E-state index in [2.05, 4.69) is 37.9 Å². The van der Waals surface area contributed by atoms with Gasteiger partial charge >= 0.3 is 0 Å². The number of halogens is 1. The van der Waals surface area contributed by atoms with Gasteiger partial charge in [0.1, 0.15) is 18.2 Å². The fourth-order valence-corrected chi connectivity index (χ4v) is 2.73. The summed E-state index contributed by atoms with van der Waals surface area (Å²) in [4.78, 5) is 22.6. The van der Waals surface area contributed by atoms with Crippen molar-refractivity contribution in [2.75, 3.05) is 24.7 Å². The Kier molecular flexibility index (Phi) is 3.83. The van der Waals surface area contributed by atoms with E-state index in [1.807, 2.05) is 4.90 Å². The molecule has 7 heteroatoms. The van der Waals surface area contributed by atoms with Gasteiger partial charge in [0, 0.05) is 18.8 Å². The Hall–Kier alpha value is -0.960. The van der Waals surface area contributed by atoms with Crippen LogP contribution in [-0.4, -0.2) is 47.7 Å². The zero-order valence-electron chi connectivity index (χ0n) is 10.4. The van der Waals surface area contributed by atoms with Crippen molar-refractivity contribution in [1.82, 2.24) is 15.3 Å². The molecule has 1 aromatic rings. The minimum atomic E-state index is -0.294. The first-order valence-electron chi connectivity index (χ1n) is 6.36. The van der Waals surface area contributed by atoms with Crippen LogP contribution in [-0.2, 0) is 9.53 Å². The molecule has 1 unspecified atom stereocenters. The molecule has 3 rings (SSSR count). The lowest BCUT2D eigenvalue weighted by atomic mass is 10.2. The van der Waals surface area contributed by atoms with Gasteiger partial charge in [-0.05, 0) is 35.4 Å². The zero-order valence-corrected chi connectivity index (χ0v) is 12.5. The maximum atomic E-state index is 12.3. The molecular formula is C12H15IN4O2. The number of nitrogens with one attached hydrogen (secondary N) is 1. The number of anilines is 1. The van der Waals surface area contributed by atoms with E-state index >= 15 is 0 Å². The van der Waals surface area contributed by atoms with E-state index in [1.54, 1.807) is 6.20 Å². The van der Waals surface area contributed by atoms with Crippen LogP contribution in [0.3, 0.4) is 0 Å². The van der Waals surface area contributed by atoms with Gasteiger partial charge < -0.3 is 15.0 Å². The van der Waals surface area contributed by atoms with E-state index in [9.17, 15) is 4.79 Å². The van der Waals surface area contributed by atoms with Crippen LogP contribution < -0.4 is 10.2 Å². The molecule has 2 aliphatic rings. The van der Waals surface area contributed by atoms with E-state index in [4.69, 9.17) is 4.74 Å². The summed E-state index contributed by atoms with van der Waals surface area (Å²) in [5, 5.41) is 3.04. The first-order valence-corrected chi connectivity index (χ1v) is 7.44. The highest BCUT2D eigenvalue weighted by molar-refractivity contribution is 14.1. The Balaban J connectivity index is 1.80. The normalized spacial score (nSPS) is 23.2. The maximum Gasteiger partial charge on any atom is 0.245 e. The largest absolute Gasteiger partial charge is 0.377 e. The van der Waals surface area contributed by atoms with Crippen molar-refractivity contribution in [1.29, 1.82) is 0 Å². The summed E-state index contributed by atoms with van der Waals surface area (Å²) >= 11 is 2.19. The van der Waals surface area contributed by atoms with Gasteiger partial charge in [0.25, 0.3) is 0 Å². The standard InChI is InChI=1S/C12H15IN4O2/c13-9-5-14-7-15-11(9)17-3-4-19-6-10(17)12(18)16-8-1-2-8/h5,7-8,10H,1-4,6H2,(H,16,18). The van der Waals surface area contributed by atoms with E-state index in [-0.39, 0.29) is 11.9 Å². The Labute approximate surface area is 125 Å². The predicted octanol–water partition coefficient (Wildman–Crippen LogP) is 0.565. The quantitative estimate of drug-likeness (QED) is 0.784. The summed E-state index contributed by atoms with van der Waals surface area (Å²) < 4.78 is 6.40. The molecule has 0 aromatic carbocycles. The van der Waals surface area contributed by atoms with Crippen molar-refractivity contribution in [2.45, 2.75) is 24.9 Å². The average molecular weight is 374 g/mol. The molecule has 1 aliphatic heterocycles. The van der Waals surface area contributed by atoms with Crippen molar-refractivity contribution in [2.24, 2.45) is 0 Å². The van der Waals surface area contributed by atoms with Gasteiger partial charge in [-0.3, -0.25) is 4.79 Å². The number of hydrogen-bond donors (Lipinski definition) is 1. The second-order valence-electron chi connectivity index (χ2n) is 4.76. The van der Waals surface area contributed by atoms with Crippen LogP contribution in [0.4, 0.5) is 5.82 Å². The summed E-state index contributed by atoms with van der Waals surface area (Å²) in [5.41, 5.74) is 0. The van der Waals surface area contributed by atoms with Crippen LogP contribution in [0, 0.1) is 3.57 Å². The summed E-state index contributed by atoms with van der Waals surface area (Å²) in [5.74, 6) is 0.853. The molecule has 1 aromatic heterocycles. The highest BCUT2D eigenvalue weighted by atomic mass is 127. The number of nitrogens with zero attached hydrogens (tertiary/aromatic N) is 3. The number of ether oxygens (including phenoxy) is 1. The molecule has 6 nitrogen and oxygen atoms in total. The van der Waals surface area contributed by atoms with Gasteiger partial charge in [-0.2, -0.15) is 0 Å². The van der Waals surface area contributed by atoms with Gasteiger partial charge in [0.05, 0.1) is 16.8 Å². The average Bonchev–Trinajstić information content (AvgIpc) is 3.23. The molecule has 1 saturated heterocycles. The van der Waals surface area contributed by atoms with E-state index in [0.717, 1.165) is 22.2 Å². The summed E-state index contributed by atoms with van der Waals surface area (Å²) in [6.07, 6.45) is 5.45. The van der Waals surface area contributed by atoms with Crippen molar-refractivity contribution in [3.05, 3.63) is 16.1 Å². The zero-order chi connectivity index (χ0) is 13.2.